The van der Waals surface area contributed by atoms with Gasteiger partial charge >= 0.3 is 6.09 Å². The Morgan fingerprint density at radius 2 is 1.66 bits per heavy atom. The molecule has 0 aromatic heterocycles. The van der Waals surface area contributed by atoms with Crippen molar-refractivity contribution in [2.75, 3.05) is 4.90 Å². The monoisotopic (exact) mass is 430 g/mol. The summed E-state index contributed by atoms with van der Waals surface area (Å²) in [4.78, 5) is 25.2. The molecule has 1 saturated carbocycles. The molecule has 0 spiro atoms. The van der Waals surface area contributed by atoms with E-state index in [2.05, 4.69) is 12.1 Å². The van der Waals surface area contributed by atoms with Gasteiger partial charge in [0.15, 0.2) is 0 Å². The van der Waals surface area contributed by atoms with Crippen LogP contribution in [0.25, 0.3) is 0 Å². The highest BCUT2D eigenvalue weighted by Crippen LogP contribution is 2.33. The third kappa shape index (κ3) is 5.32. The summed E-state index contributed by atoms with van der Waals surface area (Å²) in [6, 6.07) is 23.4. The fourth-order valence-electron chi connectivity index (χ4n) is 4.21. The molecule has 6 heteroatoms. The zero-order chi connectivity index (χ0) is 22.3. The van der Waals surface area contributed by atoms with E-state index in [0.717, 1.165) is 11.3 Å². The number of benzene rings is 3. The number of non-ortho nitro benzene ring substituents is 1. The summed E-state index contributed by atoms with van der Waals surface area (Å²) in [5.74, 6) is 0.721. The van der Waals surface area contributed by atoms with Crippen LogP contribution in [0.5, 0.6) is 5.75 Å². The highest BCUT2D eigenvalue weighted by molar-refractivity contribution is 5.89. The average Bonchev–Trinajstić information content (AvgIpc) is 2.84. The summed E-state index contributed by atoms with van der Waals surface area (Å²) in [6.45, 7) is 0.331. The fourth-order valence-corrected chi connectivity index (χ4v) is 4.21. The number of nitro benzene ring substituents is 1. The molecular formula is C26H26N2O4. The Balaban J connectivity index is 1.57. The van der Waals surface area contributed by atoms with Crippen molar-refractivity contribution in [1.82, 2.24) is 0 Å². The number of nitro groups is 1. The van der Waals surface area contributed by atoms with Gasteiger partial charge in [0.1, 0.15) is 5.75 Å². The molecule has 0 aliphatic heterocycles. The van der Waals surface area contributed by atoms with Gasteiger partial charge in [0.2, 0.25) is 0 Å². The molecule has 1 aliphatic rings. The van der Waals surface area contributed by atoms with Crippen LogP contribution in [0.4, 0.5) is 16.2 Å². The Labute approximate surface area is 187 Å². The molecule has 1 amide bonds. The van der Waals surface area contributed by atoms with Crippen molar-refractivity contribution in [3.05, 3.63) is 100 Å². The number of ether oxygens (including phenoxy) is 1. The molecule has 164 valence electrons. The van der Waals surface area contributed by atoms with Gasteiger partial charge in [0, 0.05) is 11.8 Å². The first kappa shape index (κ1) is 21.6. The number of hydrogen-bond donors (Lipinski definition) is 0. The van der Waals surface area contributed by atoms with Crippen molar-refractivity contribution < 1.29 is 14.5 Å². The summed E-state index contributed by atoms with van der Waals surface area (Å²) < 4.78 is 5.52. The molecule has 0 saturated heterocycles. The van der Waals surface area contributed by atoms with E-state index < -0.39 is 11.0 Å². The summed E-state index contributed by atoms with van der Waals surface area (Å²) in [6.07, 6.45) is 5.68. The maximum Gasteiger partial charge on any atom is 0.420 e. The zero-order valence-electron chi connectivity index (χ0n) is 17.9. The molecule has 3 aromatic carbocycles. The maximum absolute atomic E-state index is 13.1. The number of hydrogen-bond acceptors (Lipinski definition) is 4. The molecule has 3 aromatic rings. The van der Waals surface area contributed by atoms with Crippen LogP contribution >= 0.6 is 0 Å². The van der Waals surface area contributed by atoms with Crippen LogP contribution in [-0.2, 0) is 6.54 Å². The number of nitrogens with zero attached hydrogens (tertiary/aromatic N) is 2. The first-order chi connectivity index (χ1) is 15.6. The van der Waals surface area contributed by atoms with Gasteiger partial charge in [-0.25, -0.2) is 4.79 Å². The minimum absolute atomic E-state index is 0.123. The van der Waals surface area contributed by atoms with Crippen molar-refractivity contribution >= 4 is 17.5 Å². The molecule has 0 unspecified atom stereocenters. The van der Waals surface area contributed by atoms with Crippen molar-refractivity contribution in [1.29, 1.82) is 0 Å². The van der Waals surface area contributed by atoms with Crippen LogP contribution < -0.4 is 9.64 Å². The lowest BCUT2D eigenvalue weighted by Crippen LogP contribution is -2.33. The van der Waals surface area contributed by atoms with Crippen LogP contribution in [-0.4, -0.2) is 11.0 Å². The number of amides is 1. The summed E-state index contributed by atoms with van der Waals surface area (Å²) >= 11 is 0. The molecular weight excluding hydrogens is 404 g/mol. The quantitative estimate of drug-likeness (QED) is 0.317. The highest BCUT2D eigenvalue weighted by atomic mass is 16.6. The predicted molar refractivity (Wildman–Crippen MR) is 124 cm³/mol. The van der Waals surface area contributed by atoms with Gasteiger partial charge in [-0.05, 0) is 48.1 Å². The van der Waals surface area contributed by atoms with Gasteiger partial charge in [-0.15, -0.1) is 0 Å². The molecule has 1 aliphatic carbocycles. The van der Waals surface area contributed by atoms with Gasteiger partial charge < -0.3 is 4.74 Å². The van der Waals surface area contributed by atoms with Crippen molar-refractivity contribution in [2.45, 2.75) is 44.6 Å². The van der Waals surface area contributed by atoms with Crippen molar-refractivity contribution in [3.63, 3.8) is 0 Å². The molecule has 0 radical (unpaired) electrons. The van der Waals surface area contributed by atoms with Gasteiger partial charge in [0.05, 0.1) is 17.5 Å². The normalized spacial score (nSPS) is 14.0. The van der Waals surface area contributed by atoms with E-state index in [9.17, 15) is 14.9 Å². The SMILES string of the molecule is O=C(Oc1cccc([N+](=O)[O-])c1)N(Cc1ccccc1)c1ccc(C2CCCCC2)cc1. The lowest BCUT2D eigenvalue weighted by atomic mass is 9.84. The zero-order valence-corrected chi connectivity index (χ0v) is 17.9. The lowest BCUT2D eigenvalue weighted by molar-refractivity contribution is -0.384. The molecule has 0 atom stereocenters. The van der Waals surface area contributed by atoms with E-state index in [4.69, 9.17) is 4.74 Å². The third-order valence-electron chi connectivity index (χ3n) is 5.92. The first-order valence-electron chi connectivity index (χ1n) is 11.0. The van der Waals surface area contributed by atoms with Crippen LogP contribution in [0.1, 0.15) is 49.1 Å². The number of carbonyl (C=O) groups is 1. The Bertz CT molecular complexity index is 1060. The van der Waals surface area contributed by atoms with Gasteiger partial charge in [0.25, 0.3) is 5.69 Å². The molecule has 6 nitrogen and oxygen atoms in total. The number of rotatable bonds is 6. The van der Waals surface area contributed by atoms with E-state index in [-0.39, 0.29) is 11.4 Å². The molecule has 0 heterocycles. The van der Waals surface area contributed by atoms with E-state index >= 15 is 0 Å². The predicted octanol–water partition coefficient (Wildman–Crippen LogP) is 6.85. The van der Waals surface area contributed by atoms with Crippen molar-refractivity contribution in [3.8, 4) is 5.75 Å². The second kappa shape index (κ2) is 10.1. The Morgan fingerprint density at radius 3 is 2.34 bits per heavy atom. The fraction of sp³-hybridized carbons (Fsp3) is 0.269. The summed E-state index contributed by atoms with van der Waals surface area (Å²) in [7, 11) is 0. The van der Waals surface area contributed by atoms with Gasteiger partial charge in [-0.3, -0.25) is 15.0 Å². The van der Waals surface area contributed by atoms with E-state index in [1.165, 1.54) is 61.9 Å². The Morgan fingerprint density at radius 1 is 0.938 bits per heavy atom. The van der Waals surface area contributed by atoms with Crippen LogP contribution in [0, 0.1) is 10.1 Å². The topological polar surface area (TPSA) is 72.7 Å². The standard InChI is InChI=1S/C26H26N2O4/c29-26(32-25-13-7-12-24(18-25)28(30)31)27(19-20-8-3-1-4-9-20)23-16-14-22(15-17-23)21-10-5-2-6-11-21/h1,3-4,7-9,12-18,21H,2,5-6,10-11,19H2. The lowest BCUT2D eigenvalue weighted by Gasteiger charge is -2.25. The first-order valence-corrected chi connectivity index (χ1v) is 11.0. The minimum atomic E-state index is -0.584. The molecule has 0 N–H and O–H groups in total. The molecule has 4 rings (SSSR count). The van der Waals surface area contributed by atoms with Crippen LogP contribution in [0.2, 0.25) is 0 Å². The minimum Gasteiger partial charge on any atom is -0.410 e. The van der Waals surface area contributed by atoms with Gasteiger partial charge in [-0.1, -0.05) is 67.8 Å². The van der Waals surface area contributed by atoms with Gasteiger partial charge in [-0.2, -0.15) is 0 Å². The van der Waals surface area contributed by atoms with Crippen LogP contribution in [0.15, 0.2) is 78.9 Å². The number of carbonyl (C=O) groups excluding carboxylic acids is 1. The summed E-state index contributed by atoms with van der Waals surface area (Å²) in [5.41, 5.74) is 2.87. The second-order valence-corrected chi connectivity index (χ2v) is 8.12. The van der Waals surface area contributed by atoms with Crippen molar-refractivity contribution in [2.24, 2.45) is 0 Å². The van der Waals surface area contributed by atoms with E-state index in [0.29, 0.717) is 12.5 Å². The average molecular weight is 431 g/mol. The smallest absolute Gasteiger partial charge is 0.410 e. The summed E-state index contributed by atoms with van der Waals surface area (Å²) in [5, 5.41) is 11.1. The Kier molecular flexibility index (Phi) is 6.80. The molecule has 1 fully saturated rings. The van der Waals surface area contributed by atoms with Crippen LogP contribution in [0.3, 0.4) is 0 Å². The highest BCUT2D eigenvalue weighted by Gasteiger charge is 2.21. The second-order valence-electron chi connectivity index (χ2n) is 8.12. The van der Waals surface area contributed by atoms with E-state index in [1.54, 1.807) is 4.90 Å². The maximum atomic E-state index is 13.1. The largest absolute Gasteiger partial charge is 0.420 e. The van der Waals surface area contributed by atoms with E-state index in [1.807, 2.05) is 42.5 Å². The molecule has 0 bridgehead atoms. The number of anilines is 1. The third-order valence-corrected chi connectivity index (χ3v) is 5.92. The Hall–Kier alpha value is -3.67. The molecule has 32 heavy (non-hydrogen) atoms.